The van der Waals surface area contributed by atoms with E-state index in [2.05, 4.69) is 4.90 Å². The van der Waals surface area contributed by atoms with Crippen LogP contribution in [0.1, 0.15) is 57.9 Å². The van der Waals surface area contributed by atoms with Gasteiger partial charge in [-0.1, -0.05) is 26.0 Å². The van der Waals surface area contributed by atoms with Crippen molar-refractivity contribution in [3.05, 3.63) is 35.6 Å². The molecule has 0 aliphatic carbocycles. The lowest BCUT2D eigenvalue weighted by Crippen LogP contribution is -2.45. The van der Waals surface area contributed by atoms with Gasteiger partial charge in [0.25, 0.3) is 5.91 Å². The van der Waals surface area contributed by atoms with E-state index < -0.39 is 6.10 Å². The maximum atomic E-state index is 13.2. The number of aliphatic hydroxyl groups excluding tert-OH is 1. The Morgan fingerprint density at radius 2 is 1.78 bits per heavy atom. The lowest BCUT2D eigenvalue weighted by Gasteiger charge is -2.38. The molecule has 0 radical (unpaired) electrons. The molecular weight excluding hydrogens is 343 g/mol. The van der Waals surface area contributed by atoms with Gasteiger partial charge >= 0.3 is 0 Å². The topological polar surface area (TPSA) is 43.8 Å². The van der Waals surface area contributed by atoms with Crippen LogP contribution in [-0.2, 0) is 11.3 Å². The van der Waals surface area contributed by atoms with Crippen LogP contribution in [0.2, 0.25) is 0 Å². The molecule has 1 spiro atoms. The van der Waals surface area contributed by atoms with Crippen molar-refractivity contribution in [2.45, 2.75) is 70.6 Å². The summed E-state index contributed by atoms with van der Waals surface area (Å²) < 4.78 is 13.2. The number of rotatable bonds is 5. The summed E-state index contributed by atoms with van der Waals surface area (Å²) in [5.41, 5.74) is 1.27. The van der Waals surface area contributed by atoms with Crippen molar-refractivity contribution in [3.63, 3.8) is 0 Å². The van der Waals surface area contributed by atoms with Gasteiger partial charge in [0, 0.05) is 25.2 Å². The molecule has 4 nitrogen and oxygen atoms in total. The molecule has 2 heterocycles. The average molecular weight is 377 g/mol. The maximum Gasteiger partial charge on any atom is 0.251 e. The highest BCUT2D eigenvalue weighted by Gasteiger charge is 2.42. The van der Waals surface area contributed by atoms with E-state index in [1.54, 1.807) is 0 Å². The molecule has 0 unspecified atom stereocenters. The zero-order valence-electron chi connectivity index (χ0n) is 16.7. The number of benzene rings is 1. The lowest BCUT2D eigenvalue weighted by atomic mass is 9.87. The Hall–Kier alpha value is -1.46. The molecule has 5 heteroatoms. The first-order valence-corrected chi connectivity index (χ1v) is 10.4. The van der Waals surface area contributed by atoms with Gasteiger partial charge in [0.2, 0.25) is 0 Å². The van der Waals surface area contributed by atoms with E-state index in [0.717, 1.165) is 50.9 Å². The molecule has 2 atom stereocenters. The smallest absolute Gasteiger partial charge is 0.251 e. The summed E-state index contributed by atoms with van der Waals surface area (Å²) >= 11 is 0. The van der Waals surface area contributed by atoms with Crippen LogP contribution in [0, 0.1) is 11.7 Å². The molecule has 1 aromatic carbocycles. The third kappa shape index (κ3) is 4.88. The van der Waals surface area contributed by atoms with E-state index >= 15 is 0 Å². The number of amides is 1. The normalized spacial score (nSPS) is 25.1. The highest BCUT2D eigenvalue weighted by Crippen LogP contribution is 2.39. The minimum absolute atomic E-state index is 0.108. The first-order valence-electron chi connectivity index (χ1n) is 10.4. The van der Waals surface area contributed by atoms with Crippen LogP contribution in [0.15, 0.2) is 24.3 Å². The summed E-state index contributed by atoms with van der Waals surface area (Å²) in [5, 5.41) is 10.2. The van der Waals surface area contributed by atoms with Gasteiger partial charge in [-0.05, 0) is 68.7 Å². The fraction of sp³-hybridized carbons (Fsp3) is 0.682. The summed E-state index contributed by atoms with van der Waals surface area (Å²) in [6.45, 7) is 7.40. The summed E-state index contributed by atoms with van der Waals surface area (Å²) in [6, 6.07) is 6.80. The minimum Gasteiger partial charge on any atom is -0.383 e. The van der Waals surface area contributed by atoms with E-state index in [0.29, 0.717) is 18.9 Å². The Morgan fingerprint density at radius 1 is 1.11 bits per heavy atom. The van der Waals surface area contributed by atoms with Crippen LogP contribution < -0.4 is 0 Å². The number of hydrogen-bond acceptors (Lipinski definition) is 3. The summed E-state index contributed by atoms with van der Waals surface area (Å²) in [4.78, 5) is 17.0. The average Bonchev–Trinajstić information content (AvgIpc) is 2.87. The molecule has 2 aliphatic rings. The molecule has 1 N–H and O–H groups in total. The molecule has 0 bridgehead atoms. The van der Waals surface area contributed by atoms with Gasteiger partial charge in [0.1, 0.15) is 11.9 Å². The molecule has 0 aromatic heterocycles. The van der Waals surface area contributed by atoms with Crippen molar-refractivity contribution in [1.29, 1.82) is 0 Å². The molecule has 2 fully saturated rings. The monoisotopic (exact) mass is 376 g/mol. The molecule has 2 saturated heterocycles. The van der Waals surface area contributed by atoms with Gasteiger partial charge in [0.15, 0.2) is 0 Å². The van der Waals surface area contributed by atoms with Gasteiger partial charge in [0.05, 0.1) is 0 Å². The SMILES string of the molecule is CC(C)C[C@H](O)C(=O)N1CCC[C@]2(CCCN2Cc2ccc(F)cc2)CC1. The zero-order valence-corrected chi connectivity index (χ0v) is 16.7. The predicted molar refractivity (Wildman–Crippen MR) is 105 cm³/mol. The first kappa shape index (κ1) is 20.3. The third-order valence-electron chi connectivity index (χ3n) is 6.24. The molecular formula is C22H33FN2O2. The van der Waals surface area contributed by atoms with Crippen LogP contribution >= 0.6 is 0 Å². The van der Waals surface area contributed by atoms with Crippen LogP contribution in [-0.4, -0.2) is 52.1 Å². The summed E-state index contributed by atoms with van der Waals surface area (Å²) in [7, 11) is 0. The molecule has 150 valence electrons. The molecule has 2 aliphatic heterocycles. The van der Waals surface area contributed by atoms with Crippen molar-refractivity contribution in [2.75, 3.05) is 19.6 Å². The molecule has 27 heavy (non-hydrogen) atoms. The van der Waals surface area contributed by atoms with Gasteiger partial charge in [-0.3, -0.25) is 9.69 Å². The third-order valence-corrected chi connectivity index (χ3v) is 6.24. The second-order valence-electron chi connectivity index (χ2n) is 8.70. The molecule has 3 rings (SSSR count). The minimum atomic E-state index is -0.877. The van der Waals surface area contributed by atoms with E-state index in [1.807, 2.05) is 30.9 Å². The zero-order chi connectivity index (χ0) is 19.4. The largest absolute Gasteiger partial charge is 0.383 e. The second kappa shape index (κ2) is 8.70. The van der Waals surface area contributed by atoms with Crippen LogP contribution in [0.3, 0.4) is 0 Å². The molecule has 1 amide bonds. The number of nitrogens with zero attached hydrogens (tertiary/aromatic N) is 2. The Balaban J connectivity index is 1.64. The number of likely N-dealkylation sites (tertiary alicyclic amines) is 2. The van der Waals surface area contributed by atoms with E-state index in [-0.39, 0.29) is 17.3 Å². The number of aliphatic hydroxyl groups is 1. The van der Waals surface area contributed by atoms with Crippen molar-refractivity contribution in [3.8, 4) is 0 Å². The van der Waals surface area contributed by atoms with E-state index in [1.165, 1.54) is 18.6 Å². The standard InChI is InChI=1S/C22H33FN2O2/c1-17(2)15-20(26)21(27)24-12-3-9-22(11-14-24)10-4-13-25(22)16-18-5-7-19(23)8-6-18/h5-8,17,20,26H,3-4,9-16H2,1-2H3/t20-,22-/m0/s1. The fourth-order valence-electron chi connectivity index (χ4n) is 4.77. The van der Waals surface area contributed by atoms with Crippen molar-refractivity contribution < 1.29 is 14.3 Å². The number of hydrogen-bond donors (Lipinski definition) is 1. The van der Waals surface area contributed by atoms with E-state index in [9.17, 15) is 14.3 Å². The van der Waals surface area contributed by atoms with Crippen molar-refractivity contribution in [2.24, 2.45) is 5.92 Å². The number of carbonyl (C=O) groups is 1. The van der Waals surface area contributed by atoms with Gasteiger partial charge < -0.3 is 10.0 Å². The Kier molecular flexibility index (Phi) is 6.53. The van der Waals surface area contributed by atoms with E-state index in [4.69, 9.17) is 0 Å². The lowest BCUT2D eigenvalue weighted by molar-refractivity contribution is -0.141. The van der Waals surface area contributed by atoms with Gasteiger partial charge in [-0.25, -0.2) is 4.39 Å². The van der Waals surface area contributed by atoms with Crippen molar-refractivity contribution >= 4 is 5.91 Å². The Morgan fingerprint density at radius 3 is 2.44 bits per heavy atom. The molecule has 1 aromatic rings. The highest BCUT2D eigenvalue weighted by molar-refractivity contribution is 5.80. The predicted octanol–water partition coefficient (Wildman–Crippen LogP) is 3.58. The maximum absolute atomic E-state index is 13.2. The van der Waals surface area contributed by atoms with Crippen LogP contribution in [0.4, 0.5) is 4.39 Å². The van der Waals surface area contributed by atoms with Gasteiger partial charge in [-0.15, -0.1) is 0 Å². The number of halogens is 1. The fourth-order valence-corrected chi connectivity index (χ4v) is 4.77. The first-order chi connectivity index (χ1) is 12.9. The van der Waals surface area contributed by atoms with Crippen molar-refractivity contribution in [1.82, 2.24) is 9.80 Å². The summed E-state index contributed by atoms with van der Waals surface area (Å²) in [5.74, 6) is 0.00518. The Bertz CT molecular complexity index is 634. The molecule has 0 saturated carbocycles. The Labute approximate surface area is 162 Å². The van der Waals surface area contributed by atoms with Crippen LogP contribution in [0.5, 0.6) is 0 Å². The van der Waals surface area contributed by atoms with Gasteiger partial charge in [-0.2, -0.15) is 0 Å². The highest BCUT2D eigenvalue weighted by atomic mass is 19.1. The van der Waals surface area contributed by atoms with Crippen LogP contribution in [0.25, 0.3) is 0 Å². The number of carbonyl (C=O) groups excluding carboxylic acids is 1. The quantitative estimate of drug-likeness (QED) is 0.854. The second-order valence-corrected chi connectivity index (χ2v) is 8.70. The summed E-state index contributed by atoms with van der Waals surface area (Å²) in [6.07, 6.45) is 4.98.